The van der Waals surface area contributed by atoms with Crippen LogP contribution in [0.4, 0.5) is 0 Å². The molecule has 4 heteroatoms. The van der Waals surface area contributed by atoms with Crippen molar-refractivity contribution in [2.24, 2.45) is 0 Å². The smallest absolute Gasteiger partial charge is 0.129 e. The zero-order valence-electron chi connectivity index (χ0n) is 8.31. The van der Waals surface area contributed by atoms with Crippen LogP contribution in [0, 0.1) is 4.64 Å². The molecule has 0 unspecified atom stereocenters. The Kier molecular flexibility index (Phi) is 2.31. The Morgan fingerprint density at radius 2 is 2.19 bits per heavy atom. The summed E-state index contributed by atoms with van der Waals surface area (Å²) in [5.41, 5.74) is 1.96. The predicted octanol–water partition coefficient (Wildman–Crippen LogP) is 4.02. The van der Waals surface area contributed by atoms with E-state index < -0.39 is 0 Å². The number of nitrogens with one attached hydrogen (secondary N) is 1. The van der Waals surface area contributed by atoms with Crippen LogP contribution in [-0.4, -0.2) is 9.97 Å². The molecular weight excluding hydrogens is 236 g/mol. The maximum atomic E-state index is 5.26. The molecule has 2 nitrogen and oxygen atoms in total. The molecule has 0 saturated carbocycles. The fourth-order valence-corrected chi connectivity index (χ4v) is 2.87. The standard InChI is InChI=1S/C12H8N2S2/c15-12-10(13-5-6-14-12)9-3-1-2-8-4-7-16-11(8)9/h1-7H,(H,14,15). The first-order valence-corrected chi connectivity index (χ1v) is 6.15. The lowest BCUT2D eigenvalue weighted by Crippen LogP contribution is -1.86. The molecule has 1 aromatic carbocycles. The first-order valence-electron chi connectivity index (χ1n) is 4.86. The second kappa shape index (κ2) is 3.81. The first-order chi connectivity index (χ1) is 7.86. The van der Waals surface area contributed by atoms with E-state index in [0.717, 1.165) is 11.3 Å². The van der Waals surface area contributed by atoms with Gasteiger partial charge in [-0.2, -0.15) is 0 Å². The van der Waals surface area contributed by atoms with Gasteiger partial charge in [0.25, 0.3) is 0 Å². The van der Waals surface area contributed by atoms with Gasteiger partial charge in [0.1, 0.15) is 10.3 Å². The molecule has 2 aromatic heterocycles. The normalized spacial score (nSPS) is 10.8. The summed E-state index contributed by atoms with van der Waals surface area (Å²) in [5.74, 6) is 0. The van der Waals surface area contributed by atoms with E-state index >= 15 is 0 Å². The zero-order chi connectivity index (χ0) is 11.0. The average Bonchev–Trinajstić information content (AvgIpc) is 2.77. The summed E-state index contributed by atoms with van der Waals surface area (Å²) < 4.78 is 1.92. The Balaban J connectivity index is 2.39. The van der Waals surface area contributed by atoms with Crippen LogP contribution in [0.3, 0.4) is 0 Å². The average molecular weight is 244 g/mol. The molecule has 0 atom stereocenters. The van der Waals surface area contributed by atoms with E-state index in [2.05, 4.69) is 33.5 Å². The number of rotatable bonds is 1. The summed E-state index contributed by atoms with van der Waals surface area (Å²) in [6, 6.07) is 8.31. The fraction of sp³-hybridized carbons (Fsp3) is 0. The van der Waals surface area contributed by atoms with Crippen molar-refractivity contribution >= 4 is 33.6 Å². The minimum Gasteiger partial charge on any atom is -0.350 e. The molecule has 2 heterocycles. The second-order valence-corrected chi connectivity index (χ2v) is 4.74. The number of aromatic amines is 1. The van der Waals surface area contributed by atoms with Gasteiger partial charge in [-0.1, -0.05) is 30.4 Å². The minimum absolute atomic E-state index is 0.684. The first kappa shape index (κ1) is 9.69. The molecule has 78 valence electrons. The summed E-state index contributed by atoms with van der Waals surface area (Å²) in [6.07, 6.45) is 3.48. The highest BCUT2D eigenvalue weighted by molar-refractivity contribution is 7.71. The topological polar surface area (TPSA) is 28.7 Å². The van der Waals surface area contributed by atoms with Crippen LogP contribution in [0.25, 0.3) is 21.3 Å². The molecule has 0 aliphatic heterocycles. The van der Waals surface area contributed by atoms with Gasteiger partial charge in [-0.05, 0) is 16.8 Å². The van der Waals surface area contributed by atoms with E-state index in [1.807, 2.05) is 6.07 Å². The number of H-pyrrole nitrogens is 1. The highest BCUT2D eigenvalue weighted by Gasteiger charge is 2.06. The lowest BCUT2D eigenvalue weighted by molar-refractivity contribution is 1.19. The molecule has 0 aliphatic carbocycles. The minimum atomic E-state index is 0.684. The molecule has 1 N–H and O–H groups in total. The Labute approximate surface area is 102 Å². The predicted molar refractivity (Wildman–Crippen MR) is 70.2 cm³/mol. The Bertz CT molecular complexity index is 697. The van der Waals surface area contributed by atoms with Crippen molar-refractivity contribution in [1.82, 2.24) is 9.97 Å². The molecule has 0 aliphatic rings. The number of hydrogen-bond donors (Lipinski definition) is 1. The summed E-state index contributed by atoms with van der Waals surface area (Å²) in [7, 11) is 0. The number of benzene rings is 1. The van der Waals surface area contributed by atoms with E-state index in [-0.39, 0.29) is 0 Å². The number of nitrogens with zero attached hydrogens (tertiary/aromatic N) is 1. The summed E-state index contributed by atoms with van der Waals surface area (Å²) in [6.45, 7) is 0. The SMILES string of the molecule is S=c1[nH]ccnc1-c1cccc2ccsc12. The summed E-state index contributed by atoms with van der Waals surface area (Å²) in [5, 5.41) is 3.33. The number of aromatic nitrogens is 2. The second-order valence-electron chi connectivity index (χ2n) is 3.41. The monoisotopic (exact) mass is 244 g/mol. The molecule has 0 fully saturated rings. The molecule has 0 amide bonds. The molecule has 16 heavy (non-hydrogen) atoms. The molecule has 0 spiro atoms. The Hall–Kier alpha value is -1.52. The summed E-state index contributed by atoms with van der Waals surface area (Å²) in [4.78, 5) is 7.36. The Morgan fingerprint density at radius 3 is 3.06 bits per heavy atom. The van der Waals surface area contributed by atoms with Crippen LogP contribution < -0.4 is 0 Å². The summed E-state index contributed by atoms with van der Waals surface area (Å²) >= 11 is 6.97. The van der Waals surface area contributed by atoms with Crippen LogP contribution >= 0.6 is 23.6 Å². The third-order valence-electron chi connectivity index (χ3n) is 2.44. The van der Waals surface area contributed by atoms with Gasteiger partial charge in [-0.25, -0.2) is 0 Å². The maximum Gasteiger partial charge on any atom is 0.129 e. The lowest BCUT2D eigenvalue weighted by atomic mass is 10.1. The molecule has 0 radical (unpaired) electrons. The van der Waals surface area contributed by atoms with Crippen molar-refractivity contribution in [3.05, 3.63) is 46.7 Å². The van der Waals surface area contributed by atoms with E-state index in [1.54, 1.807) is 23.7 Å². The van der Waals surface area contributed by atoms with Crippen LogP contribution in [0.2, 0.25) is 0 Å². The van der Waals surface area contributed by atoms with Gasteiger partial charge in [0, 0.05) is 22.7 Å². The number of hydrogen-bond acceptors (Lipinski definition) is 3. The largest absolute Gasteiger partial charge is 0.350 e. The third-order valence-corrected chi connectivity index (χ3v) is 3.72. The van der Waals surface area contributed by atoms with Crippen LogP contribution in [0.1, 0.15) is 0 Å². The zero-order valence-corrected chi connectivity index (χ0v) is 9.94. The van der Waals surface area contributed by atoms with Gasteiger partial charge in [-0.3, -0.25) is 4.98 Å². The van der Waals surface area contributed by atoms with Crippen LogP contribution in [0.5, 0.6) is 0 Å². The lowest BCUT2D eigenvalue weighted by Gasteiger charge is -2.01. The molecule has 0 saturated heterocycles. The molecular formula is C12H8N2S2. The maximum absolute atomic E-state index is 5.26. The van der Waals surface area contributed by atoms with Gasteiger partial charge in [0.15, 0.2) is 0 Å². The molecule has 3 aromatic rings. The van der Waals surface area contributed by atoms with Crippen LogP contribution in [-0.2, 0) is 0 Å². The Morgan fingerprint density at radius 1 is 1.25 bits per heavy atom. The van der Waals surface area contributed by atoms with Crippen molar-refractivity contribution in [2.45, 2.75) is 0 Å². The van der Waals surface area contributed by atoms with Crippen molar-refractivity contribution in [1.29, 1.82) is 0 Å². The third kappa shape index (κ3) is 1.47. The van der Waals surface area contributed by atoms with E-state index in [9.17, 15) is 0 Å². The highest BCUT2D eigenvalue weighted by Crippen LogP contribution is 2.31. The van der Waals surface area contributed by atoms with E-state index in [4.69, 9.17) is 12.2 Å². The van der Waals surface area contributed by atoms with Gasteiger partial charge >= 0.3 is 0 Å². The van der Waals surface area contributed by atoms with Crippen molar-refractivity contribution in [2.75, 3.05) is 0 Å². The molecule has 0 bridgehead atoms. The fourth-order valence-electron chi connectivity index (χ4n) is 1.72. The number of fused-ring (bicyclic) bond motifs is 1. The van der Waals surface area contributed by atoms with Gasteiger partial charge in [-0.15, -0.1) is 11.3 Å². The van der Waals surface area contributed by atoms with E-state index in [0.29, 0.717) is 4.64 Å². The van der Waals surface area contributed by atoms with Crippen molar-refractivity contribution in [3.63, 3.8) is 0 Å². The van der Waals surface area contributed by atoms with Gasteiger partial charge in [0.2, 0.25) is 0 Å². The van der Waals surface area contributed by atoms with Crippen molar-refractivity contribution < 1.29 is 0 Å². The quantitative estimate of drug-likeness (QED) is 0.655. The van der Waals surface area contributed by atoms with Crippen molar-refractivity contribution in [3.8, 4) is 11.3 Å². The number of thiophene rings is 1. The van der Waals surface area contributed by atoms with Crippen LogP contribution in [0.15, 0.2) is 42.0 Å². The van der Waals surface area contributed by atoms with Gasteiger partial charge in [0.05, 0.1) is 0 Å². The highest BCUT2D eigenvalue weighted by atomic mass is 32.1. The van der Waals surface area contributed by atoms with Gasteiger partial charge < -0.3 is 4.98 Å². The molecule has 3 rings (SSSR count). The van der Waals surface area contributed by atoms with E-state index in [1.165, 1.54) is 10.1 Å².